The van der Waals surface area contributed by atoms with E-state index in [1.807, 2.05) is 41.8 Å². The third-order valence-electron chi connectivity index (χ3n) is 5.79. The lowest BCUT2D eigenvalue weighted by Gasteiger charge is -2.39. The van der Waals surface area contributed by atoms with E-state index in [2.05, 4.69) is 15.3 Å². The number of pyridine rings is 1. The maximum Gasteiger partial charge on any atom is 0.256 e. The maximum absolute atomic E-state index is 12.8. The van der Waals surface area contributed by atoms with E-state index in [1.165, 1.54) is 34.7 Å². The van der Waals surface area contributed by atoms with Gasteiger partial charge in [-0.05, 0) is 41.8 Å². The molecule has 4 heterocycles. The molecule has 0 unspecified atom stereocenters. The van der Waals surface area contributed by atoms with Gasteiger partial charge in [0.05, 0.1) is 17.5 Å². The topological polar surface area (TPSA) is 114 Å². The van der Waals surface area contributed by atoms with Crippen molar-refractivity contribution in [2.75, 3.05) is 18.1 Å². The minimum absolute atomic E-state index is 0.221. The van der Waals surface area contributed by atoms with Gasteiger partial charge in [0.2, 0.25) is 15.9 Å². The van der Waals surface area contributed by atoms with Gasteiger partial charge in [0.15, 0.2) is 5.13 Å². The van der Waals surface area contributed by atoms with Gasteiger partial charge in [-0.2, -0.15) is 0 Å². The Morgan fingerprint density at radius 1 is 1.09 bits per heavy atom. The highest BCUT2D eigenvalue weighted by Crippen LogP contribution is 2.29. The number of nitrogens with one attached hydrogen (secondary N) is 1. The largest absolute Gasteiger partial charge is 0.326 e. The minimum atomic E-state index is -3.48. The Hall–Kier alpha value is -3.83. The van der Waals surface area contributed by atoms with E-state index in [4.69, 9.17) is 0 Å². The molecule has 9 nitrogen and oxygen atoms in total. The zero-order valence-corrected chi connectivity index (χ0v) is 20.3. The molecule has 35 heavy (non-hydrogen) atoms. The van der Waals surface area contributed by atoms with Crippen LogP contribution in [-0.4, -0.2) is 57.9 Å². The second-order valence-corrected chi connectivity index (χ2v) is 10.9. The summed E-state index contributed by atoms with van der Waals surface area (Å²) in [4.78, 5) is 35.7. The van der Waals surface area contributed by atoms with Gasteiger partial charge in [-0.25, -0.2) is 13.4 Å². The lowest BCUT2D eigenvalue weighted by atomic mass is 10.0. The van der Waals surface area contributed by atoms with Crippen molar-refractivity contribution in [2.24, 2.45) is 0 Å². The molecule has 1 N–H and O–H groups in total. The van der Waals surface area contributed by atoms with Gasteiger partial charge in [-0.1, -0.05) is 18.2 Å². The molecule has 3 aromatic heterocycles. The van der Waals surface area contributed by atoms with Crippen LogP contribution in [0, 0.1) is 0 Å². The van der Waals surface area contributed by atoms with E-state index in [0.29, 0.717) is 18.1 Å². The average Bonchev–Trinajstić information content (AvgIpc) is 3.49. The lowest BCUT2D eigenvalue weighted by Crippen LogP contribution is -2.56. The Morgan fingerprint density at radius 2 is 1.86 bits per heavy atom. The number of aromatic nitrogens is 3. The molecule has 0 bridgehead atoms. The van der Waals surface area contributed by atoms with Crippen LogP contribution >= 0.6 is 11.3 Å². The van der Waals surface area contributed by atoms with Crippen molar-refractivity contribution >= 4 is 38.3 Å². The van der Waals surface area contributed by atoms with Gasteiger partial charge in [0, 0.05) is 42.3 Å². The van der Waals surface area contributed by atoms with E-state index in [1.54, 1.807) is 12.4 Å². The van der Waals surface area contributed by atoms with E-state index < -0.39 is 16.1 Å². The van der Waals surface area contributed by atoms with Crippen LogP contribution in [0.5, 0.6) is 0 Å². The Kier molecular flexibility index (Phi) is 5.95. The predicted molar refractivity (Wildman–Crippen MR) is 134 cm³/mol. The molecule has 11 heteroatoms. The van der Waals surface area contributed by atoms with Crippen LogP contribution in [0.25, 0.3) is 22.4 Å². The highest BCUT2D eigenvalue weighted by Gasteiger charge is 2.38. The molecule has 0 saturated carbocycles. The Morgan fingerprint density at radius 3 is 2.54 bits per heavy atom. The first kappa shape index (κ1) is 22.9. The molecule has 2 amide bonds. The van der Waals surface area contributed by atoms with Crippen LogP contribution in [0.4, 0.5) is 5.13 Å². The number of nitrogens with zero attached hydrogens (tertiary/aromatic N) is 4. The highest BCUT2D eigenvalue weighted by atomic mass is 32.2. The lowest BCUT2D eigenvalue weighted by molar-refractivity contribution is -0.123. The zero-order chi connectivity index (χ0) is 24.6. The maximum atomic E-state index is 12.8. The Labute approximate surface area is 206 Å². The molecule has 5 rings (SSSR count). The molecular weight excluding hydrogens is 486 g/mol. The summed E-state index contributed by atoms with van der Waals surface area (Å²) in [6.07, 6.45) is 7.65. The normalized spacial score (nSPS) is 15.5. The van der Waals surface area contributed by atoms with Gasteiger partial charge < -0.3 is 10.2 Å². The number of rotatable bonds is 6. The van der Waals surface area contributed by atoms with Crippen molar-refractivity contribution in [1.29, 1.82) is 0 Å². The van der Waals surface area contributed by atoms with E-state index >= 15 is 0 Å². The number of hydrogen-bond donors (Lipinski definition) is 1. The van der Waals surface area contributed by atoms with Crippen molar-refractivity contribution in [3.05, 3.63) is 78.2 Å². The SMILES string of the molecule is CS(=O)(=O)n1ccc(C(=O)N2CC[C@H]2C(=O)Nc2nc(-c3cccc(-c4ccncc4)c3)cs2)c1. The number of carbonyl (C=O) groups excluding carboxylic acids is 2. The van der Waals surface area contributed by atoms with Crippen LogP contribution in [0.2, 0.25) is 0 Å². The minimum Gasteiger partial charge on any atom is -0.326 e. The van der Waals surface area contributed by atoms with E-state index in [-0.39, 0.29) is 17.4 Å². The second-order valence-electron chi connectivity index (χ2n) is 8.14. The third-order valence-corrected chi connectivity index (χ3v) is 7.54. The molecule has 1 aromatic carbocycles. The number of anilines is 1. The number of benzene rings is 1. The Balaban J connectivity index is 1.26. The summed E-state index contributed by atoms with van der Waals surface area (Å²) >= 11 is 1.31. The smallest absolute Gasteiger partial charge is 0.256 e. The first-order valence-electron chi connectivity index (χ1n) is 10.8. The van der Waals surface area contributed by atoms with Gasteiger partial charge in [0.25, 0.3) is 5.91 Å². The average molecular weight is 508 g/mol. The fourth-order valence-corrected chi connectivity index (χ4v) is 5.14. The summed E-state index contributed by atoms with van der Waals surface area (Å²) in [6, 6.07) is 12.6. The van der Waals surface area contributed by atoms with Crippen LogP contribution in [0.15, 0.2) is 72.6 Å². The summed E-state index contributed by atoms with van der Waals surface area (Å²) in [5.41, 5.74) is 3.97. The summed E-state index contributed by atoms with van der Waals surface area (Å²) in [5.74, 6) is -0.704. The van der Waals surface area contributed by atoms with Crippen molar-refractivity contribution < 1.29 is 18.0 Å². The third kappa shape index (κ3) is 4.73. The zero-order valence-electron chi connectivity index (χ0n) is 18.7. The number of hydrogen-bond acceptors (Lipinski definition) is 7. The number of amides is 2. The number of likely N-dealkylation sites (tertiary alicyclic amines) is 1. The standard InChI is InChI=1S/C24H21N5O4S2/c1-35(32,33)28-11-7-19(14-28)23(31)29-12-8-21(29)22(30)27-24-26-20(15-34-24)18-4-2-3-17(13-18)16-5-9-25-10-6-16/h2-7,9-11,13-15,21H,8,12H2,1H3,(H,26,27,30)/t21-/m0/s1. The first-order chi connectivity index (χ1) is 16.8. The van der Waals surface area contributed by atoms with Crippen LogP contribution in [0.1, 0.15) is 16.8 Å². The molecule has 178 valence electrons. The van der Waals surface area contributed by atoms with Gasteiger partial charge in [-0.3, -0.25) is 18.5 Å². The molecule has 1 fully saturated rings. The molecule has 4 aromatic rings. The van der Waals surface area contributed by atoms with Gasteiger partial charge in [0.1, 0.15) is 6.04 Å². The van der Waals surface area contributed by atoms with Crippen LogP contribution in [0.3, 0.4) is 0 Å². The van der Waals surface area contributed by atoms with E-state index in [9.17, 15) is 18.0 Å². The van der Waals surface area contributed by atoms with Crippen molar-refractivity contribution in [2.45, 2.75) is 12.5 Å². The predicted octanol–water partition coefficient (Wildman–Crippen LogP) is 3.33. The fraction of sp³-hybridized carbons (Fsp3) is 0.167. The first-order valence-corrected chi connectivity index (χ1v) is 13.5. The molecule has 1 saturated heterocycles. The van der Waals surface area contributed by atoms with Crippen molar-refractivity contribution in [3.8, 4) is 22.4 Å². The molecular formula is C24H21N5O4S2. The quantitative estimate of drug-likeness (QED) is 0.428. The summed E-state index contributed by atoms with van der Waals surface area (Å²) in [5, 5.41) is 5.13. The van der Waals surface area contributed by atoms with E-state index in [0.717, 1.165) is 32.6 Å². The fourth-order valence-electron chi connectivity index (χ4n) is 3.83. The van der Waals surface area contributed by atoms with Crippen molar-refractivity contribution in [1.82, 2.24) is 18.8 Å². The van der Waals surface area contributed by atoms with Crippen LogP contribution < -0.4 is 5.32 Å². The summed E-state index contributed by atoms with van der Waals surface area (Å²) in [7, 11) is -3.48. The molecule has 1 aliphatic heterocycles. The highest BCUT2D eigenvalue weighted by molar-refractivity contribution is 7.89. The summed E-state index contributed by atoms with van der Waals surface area (Å²) < 4.78 is 24.3. The molecule has 1 atom stereocenters. The van der Waals surface area contributed by atoms with Crippen LogP contribution in [-0.2, 0) is 14.8 Å². The molecule has 1 aliphatic rings. The molecule has 0 radical (unpaired) electrons. The monoisotopic (exact) mass is 507 g/mol. The van der Waals surface area contributed by atoms with Gasteiger partial charge in [-0.15, -0.1) is 11.3 Å². The second kappa shape index (κ2) is 9.08. The number of thiazole rings is 1. The molecule has 0 spiro atoms. The van der Waals surface area contributed by atoms with Gasteiger partial charge >= 0.3 is 0 Å². The van der Waals surface area contributed by atoms with Crippen molar-refractivity contribution in [3.63, 3.8) is 0 Å². The summed E-state index contributed by atoms with van der Waals surface area (Å²) in [6.45, 7) is 0.423. The Bertz CT molecular complexity index is 1510. The molecule has 0 aliphatic carbocycles. The number of carbonyl (C=O) groups is 2.